The molecular formula is C18H16BrIN2O2. The van der Waals surface area contributed by atoms with Crippen molar-refractivity contribution < 1.29 is 9.59 Å². The highest BCUT2D eigenvalue weighted by Gasteiger charge is 2.18. The van der Waals surface area contributed by atoms with Gasteiger partial charge < -0.3 is 10.6 Å². The zero-order chi connectivity index (χ0) is 17.3. The molecule has 0 aromatic heterocycles. The van der Waals surface area contributed by atoms with Crippen LogP contribution in [0.25, 0.3) is 0 Å². The Morgan fingerprint density at radius 1 is 1.25 bits per heavy atom. The van der Waals surface area contributed by atoms with Crippen LogP contribution in [0.1, 0.15) is 40.9 Å². The Balaban J connectivity index is 1.77. The minimum absolute atomic E-state index is 0.0563. The van der Waals surface area contributed by atoms with Crippen molar-refractivity contribution in [1.29, 1.82) is 0 Å². The van der Waals surface area contributed by atoms with E-state index in [0.29, 0.717) is 12.0 Å². The average molecular weight is 499 g/mol. The van der Waals surface area contributed by atoms with Gasteiger partial charge in [-0.15, -0.1) is 0 Å². The standard InChI is InChI=1S/C18H16BrIN2O2/c1-10(21-18(24)14-9-13(19)4-5-15(14)20)11-2-6-16-12(8-11)3-7-17(23)22-16/h2,4-6,8-10H,3,7H2,1H3,(H,21,24)(H,22,23). The number of carbonyl (C=O) groups is 2. The number of hydrogen-bond acceptors (Lipinski definition) is 2. The van der Waals surface area contributed by atoms with Gasteiger partial charge in [0, 0.05) is 20.2 Å². The fourth-order valence-electron chi connectivity index (χ4n) is 2.70. The van der Waals surface area contributed by atoms with Gasteiger partial charge in [0.05, 0.1) is 11.6 Å². The van der Waals surface area contributed by atoms with Crippen molar-refractivity contribution in [2.75, 3.05) is 5.32 Å². The lowest BCUT2D eigenvalue weighted by molar-refractivity contribution is -0.116. The summed E-state index contributed by atoms with van der Waals surface area (Å²) in [5.41, 5.74) is 3.67. The highest BCUT2D eigenvalue weighted by molar-refractivity contribution is 14.1. The van der Waals surface area contributed by atoms with E-state index in [-0.39, 0.29) is 17.9 Å². The lowest BCUT2D eigenvalue weighted by Crippen LogP contribution is -2.27. The normalized spacial score (nSPS) is 14.5. The molecule has 4 nitrogen and oxygen atoms in total. The molecule has 2 N–H and O–H groups in total. The van der Waals surface area contributed by atoms with E-state index in [4.69, 9.17) is 0 Å². The first-order valence-electron chi connectivity index (χ1n) is 7.62. The first-order chi connectivity index (χ1) is 11.4. The predicted molar refractivity (Wildman–Crippen MR) is 106 cm³/mol. The highest BCUT2D eigenvalue weighted by atomic mass is 127. The van der Waals surface area contributed by atoms with Crippen molar-refractivity contribution in [2.24, 2.45) is 0 Å². The molecule has 0 saturated heterocycles. The lowest BCUT2D eigenvalue weighted by Gasteiger charge is -2.20. The number of amides is 2. The summed E-state index contributed by atoms with van der Waals surface area (Å²) in [6.45, 7) is 1.96. The van der Waals surface area contributed by atoms with Crippen molar-refractivity contribution in [1.82, 2.24) is 5.32 Å². The van der Waals surface area contributed by atoms with Crippen LogP contribution < -0.4 is 10.6 Å². The maximum Gasteiger partial charge on any atom is 0.252 e. The Labute approximate surface area is 162 Å². The van der Waals surface area contributed by atoms with Crippen LogP contribution in [-0.4, -0.2) is 11.8 Å². The molecule has 2 amide bonds. The third kappa shape index (κ3) is 3.80. The number of fused-ring (bicyclic) bond motifs is 1. The van der Waals surface area contributed by atoms with Crippen molar-refractivity contribution in [3.05, 3.63) is 61.1 Å². The third-order valence-electron chi connectivity index (χ3n) is 4.05. The highest BCUT2D eigenvalue weighted by Crippen LogP contribution is 2.26. The van der Waals surface area contributed by atoms with Crippen molar-refractivity contribution in [2.45, 2.75) is 25.8 Å². The summed E-state index contributed by atoms with van der Waals surface area (Å²) in [6, 6.07) is 11.5. The number of halogens is 2. The molecule has 0 radical (unpaired) electrons. The maximum atomic E-state index is 12.5. The number of nitrogens with one attached hydrogen (secondary N) is 2. The van der Waals surface area contributed by atoms with Crippen LogP contribution in [0.5, 0.6) is 0 Å². The first kappa shape index (κ1) is 17.4. The minimum atomic E-state index is -0.116. The Bertz CT molecular complexity index is 823. The molecule has 2 aromatic rings. The molecule has 2 aromatic carbocycles. The van der Waals surface area contributed by atoms with E-state index in [0.717, 1.165) is 31.3 Å². The minimum Gasteiger partial charge on any atom is -0.345 e. The van der Waals surface area contributed by atoms with Crippen LogP contribution >= 0.6 is 38.5 Å². The third-order valence-corrected chi connectivity index (χ3v) is 5.48. The second-order valence-corrected chi connectivity index (χ2v) is 7.86. The molecule has 6 heteroatoms. The van der Waals surface area contributed by atoms with E-state index in [2.05, 4.69) is 55.2 Å². The van der Waals surface area contributed by atoms with E-state index < -0.39 is 0 Å². The number of aryl methyl sites for hydroxylation is 1. The summed E-state index contributed by atoms with van der Waals surface area (Å²) in [4.78, 5) is 24.0. The van der Waals surface area contributed by atoms with Crippen LogP contribution in [0, 0.1) is 3.57 Å². The van der Waals surface area contributed by atoms with Gasteiger partial charge in [0.25, 0.3) is 5.91 Å². The molecule has 124 valence electrons. The molecule has 1 aliphatic heterocycles. The molecule has 1 atom stereocenters. The zero-order valence-corrected chi connectivity index (χ0v) is 16.8. The SMILES string of the molecule is CC(NC(=O)c1cc(Br)ccc1I)c1ccc2c(c1)CCC(=O)N2. The molecule has 24 heavy (non-hydrogen) atoms. The largest absolute Gasteiger partial charge is 0.345 e. The predicted octanol–water partition coefficient (Wildman–Crippen LogP) is 4.43. The van der Waals surface area contributed by atoms with Crippen molar-refractivity contribution >= 4 is 56.0 Å². The summed E-state index contributed by atoms with van der Waals surface area (Å²) < 4.78 is 1.79. The fourth-order valence-corrected chi connectivity index (χ4v) is 3.64. The van der Waals surface area contributed by atoms with Crippen molar-refractivity contribution in [3.8, 4) is 0 Å². The van der Waals surface area contributed by atoms with Gasteiger partial charge in [-0.1, -0.05) is 28.1 Å². The van der Waals surface area contributed by atoms with E-state index in [1.807, 2.05) is 37.3 Å². The van der Waals surface area contributed by atoms with Crippen LogP contribution in [0.4, 0.5) is 5.69 Å². The number of carbonyl (C=O) groups excluding carboxylic acids is 2. The molecule has 0 bridgehead atoms. The van der Waals surface area contributed by atoms with Gasteiger partial charge in [-0.2, -0.15) is 0 Å². The average Bonchev–Trinajstić information content (AvgIpc) is 2.56. The molecule has 3 rings (SSSR count). The lowest BCUT2D eigenvalue weighted by atomic mass is 9.97. The maximum absolute atomic E-state index is 12.5. The molecule has 1 heterocycles. The van der Waals surface area contributed by atoms with Gasteiger partial charge in [0.1, 0.15) is 0 Å². The van der Waals surface area contributed by atoms with Crippen LogP contribution in [0.15, 0.2) is 40.9 Å². The first-order valence-corrected chi connectivity index (χ1v) is 9.50. The quantitative estimate of drug-likeness (QED) is 0.615. The summed E-state index contributed by atoms with van der Waals surface area (Å²) >= 11 is 5.57. The molecule has 1 aliphatic rings. The Hall–Kier alpha value is -1.41. The molecule has 0 aliphatic carbocycles. The number of rotatable bonds is 3. The smallest absolute Gasteiger partial charge is 0.252 e. The van der Waals surface area contributed by atoms with Crippen LogP contribution in [-0.2, 0) is 11.2 Å². The molecule has 0 saturated carbocycles. The van der Waals surface area contributed by atoms with Gasteiger partial charge >= 0.3 is 0 Å². The number of anilines is 1. The number of hydrogen-bond donors (Lipinski definition) is 2. The van der Waals surface area contributed by atoms with Crippen LogP contribution in [0.3, 0.4) is 0 Å². The summed E-state index contributed by atoms with van der Waals surface area (Å²) in [5.74, 6) is -0.0416. The van der Waals surface area contributed by atoms with Gasteiger partial charge in [-0.05, 0) is 71.3 Å². The van der Waals surface area contributed by atoms with E-state index in [9.17, 15) is 9.59 Å². The summed E-state index contributed by atoms with van der Waals surface area (Å²) in [5, 5.41) is 5.92. The van der Waals surface area contributed by atoms with Gasteiger partial charge in [0.2, 0.25) is 5.91 Å². The van der Waals surface area contributed by atoms with E-state index in [1.54, 1.807) is 0 Å². The topological polar surface area (TPSA) is 58.2 Å². The van der Waals surface area contributed by atoms with E-state index >= 15 is 0 Å². The second-order valence-electron chi connectivity index (χ2n) is 5.78. The van der Waals surface area contributed by atoms with Crippen molar-refractivity contribution in [3.63, 3.8) is 0 Å². The molecule has 0 spiro atoms. The molecule has 0 fully saturated rings. The Morgan fingerprint density at radius 2 is 2.04 bits per heavy atom. The summed E-state index contributed by atoms with van der Waals surface area (Å²) in [7, 11) is 0. The molecule has 1 unspecified atom stereocenters. The Morgan fingerprint density at radius 3 is 2.83 bits per heavy atom. The van der Waals surface area contributed by atoms with Crippen LogP contribution in [0.2, 0.25) is 0 Å². The summed E-state index contributed by atoms with van der Waals surface area (Å²) in [6.07, 6.45) is 1.24. The zero-order valence-electron chi connectivity index (χ0n) is 13.0. The van der Waals surface area contributed by atoms with Gasteiger partial charge in [0.15, 0.2) is 0 Å². The van der Waals surface area contributed by atoms with Gasteiger partial charge in [-0.25, -0.2) is 0 Å². The molecular weight excluding hydrogens is 483 g/mol. The van der Waals surface area contributed by atoms with Gasteiger partial charge in [-0.3, -0.25) is 9.59 Å². The fraction of sp³-hybridized carbons (Fsp3) is 0.222. The Kier molecular flexibility index (Phi) is 5.24. The van der Waals surface area contributed by atoms with E-state index in [1.165, 1.54) is 0 Å². The second kappa shape index (κ2) is 7.23. The monoisotopic (exact) mass is 498 g/mol. The number of benzene rings is 2.